The van der Waals surface area contributed by atoms with Gasteiger partial charge in [-0.3, -0.25) is 0 Å². The highest BCUT2D eigenvalue weighted by Crippen LogP contribution is 2.43. The average Bonchev–Trinajstić information content (AvgIpc) is 3.72. The van der Waals surface area contributed by atoms with Crippen molar-refractivity contribution in [1.29, 1.82) is 0 Å². The Hall–Kier alpha value is -5.80. The number of hydrogen-bond acceptors (Lipinski definition) is 1. The van der Waals surface area contributed by atoms with Gasteiger partial charge in [-0.25, -0.2) is 0 Å². The van der Waals surface area contributed by atoms with Crippen molar-refractivity contribution >= 4 is 76.3 Å². The van der Waals surface area contributed by atoms with E-state index in [4.69, 9.17) is 4.42 Å². The Labute approximate surface area is 246 Å². The van der Waals surface area contributed by atoms with Gasteiger partial charge in [-0.15, -0.1) is 0 Å². The normalized spacial score (nSPS) is 12.2. The van der Waals surface area contributed by atoms with E-state index in [9.17, 15) is 0 Å². The van der Waals surface area contributed by atoms with E-state index < -0.39 is 0 Å². The number of rotatable bonds is 2. The van der Waals surface area contributed by atoms with Gasteiger partial charge in [-0.1, -0.05) is 97.1 Å². The van der Waals surface area contributed by atoms with Gasteiger partial charge in [0.1, 0.15) is 11.2 Å². The van der Waals surface area contributed by atoms with E-state index in [1.165, 1.54) is 60.1 Å². The SMILES string of the molecule is c1ccc2c(-n3c4ccccc4c4c3ccc3c5ccccc5n(-c5ccc6oc7ccccc7c6c5)c34)cccc2c1. The van der Waals surface area contributed by atoms with Gasteiger partial charge >= 0.3 is 0 Å². The highest BCUT2D eigenvalue weighted by molar-refractivity contribution is 6.26. The summed E-state index contributed by atoms with van der Waals surface area (Å²) in [4.78, 5) is 0. The summed E-state index contributed by atoms with van der Waals surface area (Å²) in [7, 11) is 0. The van der Waals surface area contributed by atoms with Crippen LogP contribution in [0.2, 0.25) is 0 Å². The molecule has 3 heteroatoms. The van der Waals surface area contributed by atoms with E-state index in [0.29, 0.717) is 0 Å². The predicted octanol–water partition coefficient (Wildman–Crippen LogP) is 10.9. The molecule has 0 aliphatic carbocycles. The minimum Gasteiger partial charge on any atom is -0.456 e. The summed E-state index contributed by atoms with van der Waals surface area (Å²) >= 11 is 0. The number of aromatic nitrogens is 2. The Kier molecular flexibility index (Phi) is 4.45. The molecule has 10 rings (SSSR count). The molecule has 200 valence electrons. The zero-order chi connectivity index (χ0) is 28.1. The van der Waals surface area contributed by atoms with Crippen LogP contribution in [0.4, 0.5) is 0 Å². The van der Waals surface area contributed by atoms with Crippen LogP contribution < -0.4 is 0 Å². The molecule has 0 unspecified atom stereocenters. The number of furan rings is 1. The smallest absolute Gasteiger partial charge is 0.135 e. The highest BCUT2D eigenvalue weighted by Gasteiger charge is 2.21. The summed E-state index contributed by atoms with van der Waals surface area (Å²) in [5.41, 5.74) is 8.96. The lowest BCUT2D eigenvalue weighted by Crippen LogP contribution is -1.96. The molecule has 0 amide bonds. The van der Waals surface area contributed by atoms with Crippen molar-refractivity contribution in [3.63, 3.8) is 0 Å². The van der Waals surface area contributed by atoms with Gasteiger partial charge in [-0.05, 0) is 53.9 Å². The van der Waals surface area contributed by atoms with Crippen LogP contribution in [0.25, 0.3) is 87.7 Å². The summed E-state index contributed by atoms with van der Waals surface area (Å²) in [5.74, 6) is 0. The van der Waals surface area contributed by atoms with Crippen LogP contribution in [-0.2, 0) is 0 Å². The first-order valence-electron chi connectivity index (χ1n) is 14.7. The van der Waals surface area contributed by atoms with Crippen molar-refractivity contribution < 1.29 is 4.42 Å². The number of benzene rings is 7. The lowest BCUT2D eigenvalue weighted by Gasteiger charge is -2.12. The Morgan fingerprint density at radius 2 is 1.07 bits per heavy atom. The molecular formula is C40H24N2O. The molecule has 0 radical (unpaired) electrons. The van der Waals surface area contributed by atoms with Gasteiger partial charge in [0, 0.05) is 43.4 Å². The standard InChI is InChI=1S/C40H24N2O/c1-2-12-27-25(10-1)11-9-18-33(27)42-35-17-7-4-15-31(35)39-36(42)22-21-30-28-13-3-6-16-34(28)41(40(30)39)26-20-23-38-32(24-26)29-14-5-8-19-37(29)43-38/h1-24H. The van der Waals surface area contributed by atoms with Gasteiger partial charge in [0.15, 0.2) is 0 Å². The number of para-hydroxylation sites is 3. The topological polar surface area (TPSA) is 23.0 Å². The largest absolute Gasteiger partial charge is 0.456 e. The minimum absolute atomic E-state index is 0.906. The Morgan fingerprint density at radius 3 is 1.95 bits per heavy atom. The van der Waals surface area contributed by atoms with E-state index >= 15 is 0 Å². The number of fused-ring (bicyclic) bond motifs is 11. The predicted molar refractivity (Wildman–Crippen MR) is 180 cm³/mol. The quantitative estimate of drug-likeness (QED) is 0.211. The average molecular weight is 549 g/mol. The zero-order valence-electron chi connectivity index (χ0n) is 23.2. The maximum Gasteiger partial charge on any atom is 0.135 e. The molecule has 3 nitrogen and oxygen atoms in total. The van der Waals surface area contributed by atoms with Gasteiger partial charge < -0.3 is 13.6 Å². The molecule has 10 aromatic rings. The fourth-order valence-electron chi connectivity index (χ4n) is 7.29. The molecule has 43 heavy (non-hydrogen) atoms. The molecule has 0 spiro atoms. The van der Waals surface area contributed by atoms with Crippen LogP contribution >= 0.6 is 0 Å². The summed E-state index contributed by atoms with van der Waals surface area (Å²) in [5, 5.41) is 9.75. The monoisotopic (exact) mass is 548 g/mol. The van der Waals surface area contributed by atoms with E-state index in [0.717, 1.165) is 27.6 Å². The number of nitrogens with zero attached hydrogens (tertiary/aromatic N) is 2. The maximum atomic E-state index is 6.20. The Morgan fingerprint density at radius 1 is 0.395 bits per heavy atom. The lowest BCUT2D eigenvalue weighted by atomic mass is 10.1. The molecule has 0 saturated carbocycles. The van der Waals surface area contributed by atoms with E-state index in [2.05, 4.69) is 143 Å². The van der Waals surface area contributed by atoms with Crippen LogP contribution in [0.1, 0.15) is 0 Å². The second kappa shape index (κ2) is 8.37. The van der Waals surface area contributed by atoms with Gasteiger partial charge in [-0.2, -0.15) is 0 Å². The minimum atomic E-state index is 0.906. The number of hydrogen-bond donors (Lipinski definition) is 0. The lowest BCUT2D eigenvalue weighted by molar-refractivity contribution is 0.669. The van der Waals surface area contributed by atoms with Crippen LogP contribution in [-0.4, -0.2) is 9.13 Å². The van der Waals surface area contributed by atoms with Crippen LogP contribution in [0.5, 0.6) is 0 Å². The van der Waals surface area contributed by atoms with E-state index in [1.807, 2.05) is 12.1 Å². The Balaban J connectivity index is 1.40. The third-order valence-corrected chi connectivity index (χ3v) is 9.10. The molecule has 3 aromatic heterocycles. The van der Waals surface area contributed by atoms with Gasteiger partial charge in [0.25, 0.3) is 0 Å². The van der Waals surface area contributed by atoms with Crippen molar-refractivity contribution in [3.05, 3.63) is 146 Å². The van der Waals surface area contributed by atoms with Crippen molar-refractivity contribution in [3.8, 4) is 11.4 Å². The summed E-state index contributed by atoms with van der Waals surface area (Å²) in [6.07, 6.45) is 0. The van der Waals surface area contributed by atoms with E-state index in [-0.39, 0.29) is 0 Å². The molecule has 0 atom stereocenters. The second-order valence-corrected chi connectivity index (χ2v) is 11.3. The van der Waals surface area contributed by atoms with Crippen molar-refractivity contribution in [2.24, 2.45) is 0 Å². The third-order valence-electron chi connectivity index (χ3n) is 9.10. The summed E-state index contributed by atoms with van der Waals surface area (Å²) < 4.78 is 11.1. The summed E-state index contributed by atoms with van der Waals surface area (Å²) in [6.45, 7) is 0. The summed E-state index contributed by atoms with van der Waals surface area (Å²) in [6, 6.07) is 52.4. The molecule has 0 saturated heterocycles. The molecule has 0 N–H and O–H groups in total. The maximum absolute atomic E-state index is 6.20. The van der Waals surface area contributed by atoms with Crippen LogP contribution in [0.3, 0.4) is 0 Å². The molecule has 7 aromatic carbocycles. The molecule has 0 fully saturated rings. The first kappa shape index (κ1) is 22.8. The highest BCUT2D eigenvalue weighted by atomic mass is 16.3. The Bertz CT molecular complexity index is 2730. The van der Waals surface area contributed by atoms with Gasteiger partial charge in [0.05, 0.1) is 27.8 Å². The second-order valence-electron chi connectivity index (χ2n) is 11.3. The van der Waals surface area contributed by atoms with Crippen molar-refractivity contribution in [1.82, 2.24) is 9.13 Å². The molecule has 0 aliphatic heterocycles. The fourth-order valence-corrected chi connectivity index (χ4v) is 7.29. The fraction of sp³-hybridized carbons (Fsp3) is 0. The van der Waals surface area contributed by atoms with Gasteiger partial charge in [0.2, 0.25) is 0 Å². The molecule has 3 heterocycles. The first-order valence-corrected chi connectivity index (χ1v) is 14.7. The molecule has 0 bridgehead atoms. The van der Waals surface area contributed by atoms with Crippen LogP contribution in [0.15, 0.2) is 150 Å². The first-order chi connectivity index (χ1) is 21.3. The third kappa shape index (κ3) is 3.03. The van der Waals surface area contributed by atoms with E-state index in [1.54, 1.807) is 0 Å². The molecular weight excluding hydrogens is 524 g/mol. The van der Waals surface area contributed by atoms with Crippen LogP contribution in [0, 0.1) is 0 Å². The van der Waals surface area contributed by atoms with Crippen molar-refractivity contribution in [2.75, 3.05) is 0 Å². The molecule has 0 aliphatic rings. The van der Waals surface area contributed by atoms with Crippen molar-refractivity contribution in [2.45, 2.75) is 0 Å². The zero-order valence-corrected chi connectivity index (χ0v) is 23.2.